The van der Waals surface area contributed by atoms with Crippen LogP contribution in [-0.2, 0) is 0 Å². The topological polar surface area (TPSA) is 8.17 Å². The van der Waals surface area contributed by atoms with Crippen LogP contribution in [0.2, 0.25) is 0 Å². The van der Waals surface area contributed by atoms with Crippen molar-refractivity contribution in [2.24, 2.45) is 0 Å². The lowest BCUT2D eigenvalue weighted by Gasteiger charge is -2.29. The lowest BCUT2D eigenvalue weighted by atomic mass is 9.95. The van der Waals surface area contributed by atoms with Crippen LogP contribution in [0.1, 0.15) is 16.7 Å². The number of aryl methyl sites for hydroxylation is 3. The number of nitrogens with zero attached hydrogens (tertiary/aromatic N) is 2. The highest BCUT2D eigenvalue weighted by Crippen LogP contribution is 2.49. The fourth-order valence-corrected chi connectivity index (χ4v) is 9.55. The zero-order valence-electron chi connectivity index (χ0n) is 30.5. The molecule has 0 bridgehead atoms. The molecule has 10 aromatic rings. The summed E-state index contributed by atoms with van der Waals surface area (Å²) >= 11 is 1.89. The van der Waals surface area contributed by atoms with Gasteiger partial charge in [-0.15, -0.1) is 11.3 Å². The number of anilines is 3. The Morgan fingerprint density at radius 1 is 0.463 bits per heavy atom. The maximum atomic E-state index is 2.48. The van der Waals surface area contributed by atoms with Crippen LogP contribution in [0.5, 0.6) is 0 Å². The molecule has 0 aliphatic heterocycles. The van der Waals surface area contributed by atoms with Gasteiger partial charge in [-0.2, -0.15) is 0 Å². The minimum atomic E-state index is 1.15. The van der Waals surface area contributed by atoms with Crippen LogP contribution in [0.4, 0.5) is 17.1 Å². The van der Waals surface area contributed by atoms with Crippen molar-refractivity contribution in [1.29, 1.82) is 0 Å². The molecule has 0 amide bonds. The van der Waals surface area contributed by atoms with Gasteiger partial charge in [-0.3, -0.25) is 0 Å². The molecule has 3 heteroatoms. The van der Waals surface area contributed by atoms with Gasteiger partial charge >= 0.3 is 0 Å². The first-order chi connectivity index (χ1) is 26.5. The van der Waals surface area contributed by atoms with Gasteiger partial charge in [-0.25, -0.2) is 0 Å². The lowest BCUT2D eigenvalue weighted by Crippen LogP contribution is -2.12. The van der Waals surface area contributed by atoms with E-state index in [0.29, 0.717) is 0 Å². The highest BCUT2D eigenvalue weighted by molar-refractivity contribution is 7.26. The molecule has 0 fully saturated rings. The van der Waals surface area contributed by atoms with Gasteiger partial charge in [-0.1, -0.05) is 121 Å². The van der Waals surface area contributed by atoms with Crippen molar-refractivity contribution in [1.82, 2.24) is 4.57 Å². The molecule has 2 nitrogen and oxygen atoms in total. The molecule has 54 heavy (non-hydrogen) atoms. The summed E-state index contributed by atoms with van der Waals surface area (Å²) < 4.78 is 4.98. The normalized spacial score (nSPS) is 11.6. The third kappa shape index (κ3) is 5.23. The zero-order valence-corrected chi connectivity index (χ0v) is 31.4. The van der Waals surface area contributed by atoms with Crippen LogP contribution in [0.3, 0.4) is 0 Å². The fraction of sp³-hybridized carbons (Fsp3) is 0.0588. The maximum absolute atomic E-state index is 2.48. The quantitative estimate of drug-likeness (QED) is 0.167. The lowest BCUT2D eigenvalue weighted by molar-refractivity contribution is 1.18. The second-order valence-corrected chi connectivity index (χ2v) is 15.4. The molecule has 8 aromatic carbocycles. The molecule has 2 aromatic heterocycles. The Labute approximate surface area is 319 Å². The van der Waals surface area contributed by atoms with E-state index in [1.165, 1.54) is 92.3 Å². The molecule has 0 spiro atoms. The molecule has 0 saturated carbocycles. The van der Waals surface area contributed by atoms with E-state index in [1.807, 2.05) is 11.3 Å². The second-order valence-electron chi connectivity index (χ2n) is 14.3. The molecule has 10 rings (SSSR count). The van der Waals surface area contributed by atoms with Gasteiger partial charge < -0.3 is 9.47 Å². The number of fused-ring (bicyclic) bond motifs is 6. The number of benzene rings is 8. The standard InChI is InChI=1S/C51H38N2S/c1-33-21-25-38(26-22-33)53(48-32-34(2)44(31-35(48)3)36-13-5-4-6-14-36)47-30-29-40(51-50(47)43-17-9-12-20-49(43)54-51)37-23-27-39(28-24-37)52-45-18-10-7-15-41(45)42-16-8-11-19-46(42)52/h4-32H,1-3H3. The number of hydrogen-bond acceptors (Lipinski definition) is 2. The summed E-state index contributed by atoms with van der Waals surface area (Å²) in [6.07, 6.45) is 0. The average Bonchev–Trinajstić information content (AvgIpc) is 3.77. The van der Waals surface area contributed by atoms with E-state index in [-0.39, 0.29) is 0 Å². The molecule has 0 radical (unpaired) electrons. The van der Waals surface area contributed by atoms with Crippen LogP contribution in [0, 0.1) is 20.8 Å². The monoisotopic (exact) mass is 710 g/mol. The van der Waals surface area contributed by atoms with Gasteiger partial charge in [-0.05, 0) is 115 Å². The first-order valence-electron chi connectivity index (χ1n) is 18.6. The molecule has 0 N–H and O–H groups in total. The van der Waals surface area contributed by atoms with Crippen LogP contribution >= 0.6 is 11.3 Å². The largest absolute Gasteiger partial charge is 0.310 e. The smallest absolute Gasteiger partial charge is 0.0555 e. The highest BCUT2D eigenvalue weighted by atomic mass is 32.1. The van der Waals surface area contributed by atoms with E-state index < -0.39 is 0 Å². The summed E-state index contributed by atoms with van der Waals surface area (Å²) in [4.78, 5) is 2.48. The Bertz CT molecular complexity index is 2950. The van der Waals surface area contributed by atoms with Crippen molar-refractivity contribution in [3.05, 3.63) is 193 Å². The fourth-order valence-electron chi connectivity index (χ4n) is 8.29. The number of thiophene rings is 1. The third-order valence-electron chi connectivity index (χ3n) is 10.9. The Kier molecular flexibility index (Phi) is 7.71. The molecular weight excluding hydrogens is 673 g/mol. The van der Waals surface area contributed by atoms with Gasteiger partial charge in [0.05, 0.1) is 16.7 Å². The first kappa shape index (κ1) is 32.2. The van der Waals surface area contributed by atoms with Gasteiger partial charge in [0.2, 0.25) is 0 Å². The van der Waals surface area contributed by atoms with Crippen LogP contribution in [-0.4, -0.2) is 4.57 Å². The summed E-state index contributed by atoms with van der Waals surface area (Å²) in [6, 6.07) is 64.6. The molecule has 0 saturated heterocycles. The Morgan fingerprint density at radius 3 is 1.78 bits per heavy atom. The van der Waals surface area contributed by atoms with Gasteiger partial charge in [0.1, 0.15) is 0 Å². The van der Waals surface area contributed by atoms with Crippen molar-refractivity contribution < 1.29 is 0 Å². The Hall–Kier alpha value is -6.42. The van der Waals surface area contributed by atoms with E-state index in [1.54, 1.807) is 0 Å². The number of para-hydroxylation sites is 2. The van der Waals surface area contributed by atoms with Gasteiger partial charge in [0.25, 0.3) is 0 Å². The summed E-state index contributed by atoms with van der Waals surface area (Å²) in [6.45, 7) is 6.64. The molecule has 0 unspecified atom stereocenters. The number of hydrogen-bond donors (Lipinski definition) is 0. The molecule has 0 atom stereocenters. The van der Waals surface area contributed by atoms with Crippen molar-refractivity contribution in [3.63, 3.8) is 0 Å². The Morgan fingerprint density at radius 2 is 1.07 bits per heavy atom. The second kappa shape index (κ2) is 12.9. The van der Waals surface area contributed by atoms with Crippen LogP contribution < -0.4 is 4.90 Å². The number of aromatic nitrogens is 1. The molecule has 0 aliphatic rings. The Balaban J connectivity index is 1.16. The predicted octanol–water partition coefficient (Wildman–Crippen LogP) is 14.9. The summed E-state index contributed by atoms with van der Waals surface area (Å²) in [5.74, 6) is 0. The van der Waals surface area contributed by atoms with E-state index in [0.717, 1.165) is 11.4 Å². The maximum Gasteiger partial charge on any atom is 0.0555 e. The van der Waals surface area contributed by atoms with Crippen molar-refractivity contribution in [3.8, 4) is 27.9 Å². The van der Waals surface area contributed by atoms with Crippen LogP contribution in [0.15, 0.2) is 176 Å². The van der Waals surface area contributed by atoms with Crippen molar-refractivity contribution in [2.45, 2.75) is 20.8 Å². The first-order valence-corrected chi connectivity index (χ1v) is 19.4. The summed E-state index contributed by atoms with van der Waals surface area (Å²) in [5, 5.41) is 5.11. The molecule has 258 valence electrons. The van der Waals surface area contributed by atoms with Crippen molar-refractivity contribution in [2.75, 3.05) is 4.90 Å². The molecule has 2 heterocycles. The van der Waals surface area contributed by atoms with Crippen LogP contribution in [0.25, 0.3) is 69.9 Å². The van der Waals surface area contributed by atoms with Crippen molar-refractivity contribution >= 4 is 70.4 Å². The van der Waals surface area contributed by atoms with Gasteiger partial charge in [0, 0.05) is 48.0 Å². The minimum Gasteiger partial charge on any atom is -0.310 e. The van der Waals surface area contributed by atoms with Gasteiger partial charge in [0.15, 0.2) is 0 Å². The van der Waals surface area contributed by atoms with E-state index in [4.69, 9.17) is 0 Å². The van der Waals surface area contributed by atoms with E-state index >= 15 is 0 Å². The van der Waals surface area contributed by atoms with E-state index in [9.17, 15) is 0 Å². The predicted molar refractivity (Wildman–Crippen MR) is 233 cm³/mol. The SMILES string of the molecule is Cc1ccc(N(c2cc(C)c(-c3ccccc3)cc2C)c2ccc(-c3ccc(-n4c5ccccc5c5ccccc54)cc3)c3sc4ccccc4c23)cc1. The highest BCUT2D eigenvalue weighted by Gasteiger charge is 2.23. The zero-order chi connectivity index (χ0) is 36.3. The van der Waals surface area contributed by atoms with E-state index in [2.05, 4.69) is 206 Å². The molecule has 0 aliphatic carbocycles. The third-order valence-corrected chi connectivity index (χ3v) is 12.1. The minimum absolute atomic E-state index is 1.15. The summed E-state index contributed by atoms with van der Waals surface area (Å²) in [7, 11) is 0. The summed E-state index contributed by atoms with van der Waals surface area (Å²) in [5.41, 5.74) is 15.8. The average molecular weight is 711 g/mol. The number of rotatable bonds is 6. The molecular formula is C51H38N2S.